The second-order valence-corrected chi connectivity index (χ2v) is 6.26. The number of nitrogens with zero attached hydrogens (tertiary/aromatic N) is 4. The van der Waals surface area contributed by atoms with Crippen molar-refractivity contribution in [3.05, 3.63) is 101 Å². The Labute approximate surface area is 177 Å². The zero-order chi connectivity index (χ0) is 23.4. The Bertz CT molecular complexity index is 1150. The van der Waals surface area contributed by atoms with Gasteiger partial charge >= 0.3 is 0 Å². The fraction of sp³-hybridized carbons (Fsp3) is 0. The lowest BCUT2D eigenvalue weighted by molar-refractivity contribution is -0.393. The first-order valence-corrected chi connectivity index (χ1v) is 8.65. The van der Waals surface area contributed by atoms with E-state index in [1.807, 2.05) is 0 Å². The van der Waals surface area contributed by atoms with Crippen LogP contribution < -0.4 is 10.6 Å². The van der Waals surface area contributed by atoms with Crippen LogP contribution in [-0.2, 0) is 0 Å². The number of rotatable bonds is 8. The lowest BCUT2D eigenvalue weighted by Gasteiger charge is -2.10. The zero-order valence-corrected chi connectivity index (χ0v) is 15.8. The molecule has 0 amide bonds. The van der Waals surface area contributed by atoms with Gasteiger partial charge in [0.2, 0.25) is 0 Å². The smallest absolute Gasteiger partial charge is 0.299 e. The summed E-state index contributed by atoms with van der Waals surface area (Å²) >= 11 is 0. The summed E-state index contributed by atoms with van der Waals surface area (Å²) in [4.78, 5) is 41.1. The van der Waals surface area contributed by atoms with E-state index in [1.165, 1.54) is 36.4 Å². The first-order chi connectivity index (χ1) is 15.2. The van der Waals surface area contributed by atoms with Crippen molar-refractivity contribution in [1.29, 1.82) is 0 Å². The van der Waals surface area contributed by atoms with Crippen LogP contribution in [0, 0.1) is 40.5 Å². The summed E-state index contributed by atoms with van der Waals surface area (Å²) in [5.41, 5.74) is -0.931. The average Bonchev–Trinajstić information content (AvgIpc) is 2.75. The molecule has 3 aromatic rings. The van der Waals surface area contributed by atoms with Crippen molar-refractivity contribution in [2.24, 2.45) is 0 Å². The highest BCUT2D eigenvalue weighted by molar-refractivity contribution is 5.75. The van der Waals surface area contributed by atoms with Gasteiger partial charge in [0.15, 0.2) is 0 Å². The molecule has 14 nitrogen and oxygen atoms in total. The Morgan fingerprint density at radius 2 is 0.844 bits per heavy atom. The molecule has 2 N–H and O–H groups in total. The molecule has 0 aliphatic heterocycles. The Morgan fingerprint density at radius 1 is 0.500 bits per heavy atom. The van der Waals surface area contributed by atoms with Crippen LogP contribution >= 0.6 is 0 Å². The molecule has 0 aliphatic rings. The van der Waals surface area contributed by atoms with Crippen molar-refractivity contribution in [2.45, 2.75) is 0 Å². The van der Waals surface area contributed by atoms with Crippen LogP contribution in [0.25, 0.3) is 0 Å². The summed E-state index contributed by atoms with van der Waals surface area (Å²) in [6.07, 6.45) is 0. The molecule has 0 aromatic heterocycles. The number of hydrogen-bond donors (Lipinski definition) is 2. The van der Waals surface area contributed by atoms with Crippen molar-refractivity contribution in [3.63, 3.8) is 0 Å². The van der Waals surface area contributed by atoms with Gasteiger partial charge in [0, 0.05) is 23.5 Å². The summed E-state index contributed by atoms with van der Waals surface area (Å²) in [6.45, 7) is 0. The number of benzene rings is 3. The van der Waals surface area contributed by atoms with Gasteiger partial charge in [-0.05, 0) is 36.4 Å². The van der Waals surface area contributed by atoms with E-state index in [9.17, 15) is 40.5 Å². The molecule has 32 heavy (non-hydrogen) atoms. The number of non-ortho nitro benzene ring substituents is 2. The van der Waals surface area contributed by atoms with Gasteiger partial charge in [0.05, 0.1) is 31.8 Å². The first kappa shape index (κ1) is 21.6. The van der Waals surface area contributed by atoms with Crippen LogP contribution in [0.1, 0.15) is 0 Å². The average molecular weight is 440 g/mol. The maximum atomic E-state index is 11.2. The van der Waals surface area contributed by atoms with Gasteiger partial charge in [-0.25, -0.2) is 0 Å². The lowest BCUT2D eigenvalue weighted by atomic mass is 10.2. The van der Waals surface area contributed by atoms with Gasteiger partial charge in [-0.1, -0.05) is 0 Å². The summed E-state index contributed by atoms with van der Waals surface area (Å²) < 4.78 is 0. The molecule has 0 atom stereocenters. The highest BCUT2D eigenvalue weighted by Crippen LogP contribution is 2.33. The predicted octanol–water partition coefficient (Wildman–Crippen LogP) is 4.81. The minimum Gasteiger partial charge on any atom is -0.350 e. The summed E-state index contributed by atoms with van der Waals surface area (Å²) in [5, 5.41) is 49.7. The summed E-state index contributed by atoms with van der Waals surface area (Å²) in [5.74, 6) is 0. The highest BCUT2D eigenvalue weighted by Gasteiger charge is 2.21. The van der Waals surface area contributed by atoms with Crippen molar-refractivity contribution < 1.29 is 19.7 Å². The van der Waals surface area contributed by atoms with Gasteiger partial charge in [-0.15, -0.1) is 0 Å². The fourth-order valence-electron chi connectivity index (χ4n) is 2.73. The van der Waals surface area contributed by atoms with E-state index >= 15 is 0 Å². The van der Waals surface area contributed by atoms with E-state index in [4.69, 9.17) is 0 Å². The molecule has 3 aromatic carbocycles. The van der Waals surface area contributed by atoms with Crippen LogP contribution in [0.15, 0.2) is 60.7 Å². The van der Waals surface area contributed by atoms with Crippen molar-refractivity contribution in [3.8, 4) is 0 Å². The molecule has 0 unspecified atom stereocenters. The van der Waals surface area contributed by atoms with Gasteiger partial charge in [-0.2, -0.15) is 0 Å². The van der Waals surface area contributed by atoms with E-state index in [2.05, 4.69) is 10.6 Å². The molecule has 0 radical (unpaired) electrons. The molecule has 0 saturated carbocycles. The SMILES string of the molecule is O=[N+]([O-])c1ccc(Nc2ccc(Nc3ccc([N+](=O)[O-])cc3[N+](=O)[O-])cc2)c([N+](=O)[O-])c1. The zero-order valence-electron chi connectivity index (χ0n) is 15.8. The fourth-order valence-corrected chi connectivity index (χ4v) is 2.73. The van der Waals surface area contributed by atoms with Crippen LogP contribution in [0.2, 0.25) is 0 Å². The standard InChI is InChI=1S/C18H12N6O8/c25-21(26)13-5-7-15(17(9-13)23(29)30)19-11-1-2-12(4-3-11)20-16-8-6-14(22(27)28)10-18(16)24(31)32/h1-10,19-20H. The second kappa shape index (κ2) is 8.70. The monoisotopic (exact) mass is 440 g/mol. The molecule has 0 fully saturated rings. The third kappa shape index (κ3) is 4.70. The van der Waals surface area contributed by atoms with Gasteiger partial charge in [0.1, 0.15) is 11.4 Å². The van der Waals surface area contributed by atoms with Gasteiger partial charge in [0.25, 0.3) is 22.7 Å². The quantitative estimate of drug-likeness (QED) is 0.362. The third-order valence-electron chi connectivity index (χ3n) is 4.22. The summed E-state index contributed by atoms with van der Waals surface area (Å²) in [7, 11) is 0. The maximum absolute atomic E-state index is 11.2. The van der Waals surface area contributed by atoms with Crippen molar-refractivity contribution in [1.82, 2.24) is 0 Å². The molecule has 162 valence electrons. The van der Waals surface area contributed by atoms with Crippen LogP contribution in [0.5, 0.6) is 0 Å². The number of nitro groups is 4. The summed E-state index contributed by atoms with van der Waals surface area (Å²) in [6, 6.07) is 12.4. The predicted molar refractivity (Wildman–Crippen MR) is 113 cm³/mol. The Hall–Kier alpha value is -5.14. The Balaban J connectivity index is 1.82. The molecule has 0 saturated heterocycles. The van der Waals surface area contributed by atoms with Crippen LogP contribution in [0.3, 0.4) is 0 Å². The van der Waals surface area contributed by atoms with Crippen molar-refractivity contribution >= 4 is 45.5 Å². The largest absolute Gasteiger partial charge is 0.350 e. The topological polar surface area (TPSA) is 197 Å². The number of anilines is 4. The molecular weight excluding hydrogens is 428 g/mol. The Kier molecular flexibility index (Phi) is 5.86. The van der Waals surface area contributed by atoms with E-state index in [0.29, 0.717) is 11.4 Å². The molecule has 14 heteroatoms. The lowest BCUT2D eigenvalue weighted by Crippen LogP contribution is -2.00. The molecule has 3 rings (SSSR count). The van der Waals surface area contributed by atoms with E-state index in [1.54, 1.807) is 0 Å². The minimum atomic E-state index is -0.751. The molecular formula is C18H12N6O8. The normalized spacial score (nSPS) is 10.2. The first-order valence-electron chi connectivity index (χ1n) is 8.65. The second-order valence-electron chi connectivity index (χ2n) is 6.26. The molecule has 0 spiro atoms. The van der Waals surface area contributed by atoms with Crippen molar-refractivity contribution in [2.75, 3.05) is 10.6 Å². The van der Waals surface area contributed by atoms with E-state index in [-0.39, 0.29) is 11.4 Å². The van der Waals surface area contributed by atoms with Crippen LogP contribution in [0.4, 0.5) is 45.5 Å². The molecule has 0 heterocycles. The number of nitro benzene ring substituents is 4. The molecule has 0 bridgehead atoms. The van der Waals surface area contributed by atoms with Gasteiger partial charge < -0.3 is 10.6 Å². The number of nitrogens with one attached hydrogen (secondary N) is 2. The van der Waals surface area contributed by atoms with Gasteiger partial charge in [-0.3, -0.25) is 40.5 Å². The van der Waals surface area contributed by atoms with Crippen LogP contribution in [-0.4, -0.2) is 19.7 Å². The third-order valence-corrected chi connectivity index (χ3v) is 4.22. The Morgan fingerprint density at radius 3 is 1.12 bits per heavy atom. The maximum Gasteiger partial charge on any atom is 0.299 e. The van der Waals surface area contributed by atoms with E-state index in [0.717, 1.165) is 24.3 Å². The highest BCUT2D eigenvalue weighted by atomic mass is 16.6. The molecule has 0 aliphatic carbocycles. The number of hydrogen-bond acceptors (Lipinski definition) is 10. The minimum absolute atomic E-state index is 0.0346. The van der Waals surface area contributed by atoms with E-state index < -0.39 is 42.4 Å².